The van der Waals surface area contributed by atoms with Gasteiger partial charge in [-0.3, -0.25) is 14.4 Å². The lowest BCUT2D eigenvalue weighted by molar-refractivity contribution is -0.141. The molecule has 0 saturated heterocycles. The molecule has 1 N–H and O–H groups in total. The molecule has 0 aliphatic carbocycles. The number of benzene rings is 2. The first-order chi connectivity index (χ1) is 13.5. The summed E-state index contributed by atoms with van der Waals surface area (Å²) in [6, 6.07) is 16.5. The van der Waals surface area contributed by atoms with Gasteiger partial charge in [0.2, 0.25) is 5.91 Å². The van der Waals surface area contributed by atoms with Gasteiger partial charge in [0.25, 0.3) is 5.91 Å². The molecule has 0 radical (unpaired) electrons. The van der Waals surface area contributed by atoms with E-state index in [1.807, 2.05) is 30.3 Å². The highest BCUT2D eigenvalue weighted by molar-refractivity contribution is 9.10. The Bertz CT molecular complexity index is 794. The van der Waals surface area contributed by atoms with Crippen LogP contribution in [-0.4, -0.2) is 42.9 Å². The number of amides is 2. The van der Waals surface area contributed by atoms with Crippen LogP contribution in [0.3, 0.4) is 0 Å². The highest BCUT2D eigenvalue weighted by atomic mass is 79.9. The Morgan fingerprint density at radius 1 is 1.00 bits per heavy atom. The zero-order chi connectivity index (χ0) is 20.4. The summed E-state index contributed by atoms with van der Waals surface area (Å²) >= 11 is 3.32. The molecule has 0 atom stereocenters. The van der Waals surface area contributed by atoms with Crippen molar-refractivity contribution in [1.82, 2.24) is 10.2 Å². The van der Waals surface area contributed by atoms with Crippen LogP contribution in [0.5, 0.6) is 0 Å². The van der Waals surface area contributed by atoms with E-state index in [0.717, 1.165) is 10.0 Å². The van der Waals surface area contributed by atoms with Crippen molar-refractivity contribution in [2.75, 3.05) is 20.2 Å². The third-order valence-electron chi connectivity index (χ3n) is 4.11. The lowest BCUT2D eigenvalue weighted by Crippen LogP contribution is -2.35. The van der Waals surface area contributed by atoms with Crippen molar-refractivity contribution in [2.45, 2.75) is 19.4 Å². The number of carbonyl (C=O) groups excluding carboxylic acids is 3. The van der Waals surface area contributed by atoms with Crippen molar-refractivity contribution in [3.05, 3.63) is 70.2 Å². The van der Waals surface area contributed by atoms with E-state index in [-0.39, 0.29) is 43.7 Å². The van der Waals surface area contributed by atoms with Gasteiger partial charge < -0.3 is 15.0 Å². The van der Waals surface area contributed by atoms with Crippen LogP contribution in [-0.2, 0) is 20.9 Å². The number of carbonyl (C=O) groups is 3. The standard InChI is InChI=1S/C21H23BrN2O4/c1-28-20(26)12-14-24(15-16-5-3-2-4-6-16)19(25)11-13-23-21(27)17-7-9-18(22)10-8-17/h2-10H,11-15H2,1H3,(H,23,27). The minimum Gasteiger partial charge on any atom is -0.469 e. The van der Waals surface area contributed by atoms with Crippen molar-refractivity contribution >= 4 is 33.7 Å². The van der Waals surface area contributed by atoms with Crippen molar-refractivity contribution in [3.8, 4) is 0 Å². The molecule has 2 aromatic carbocycles. The minimum absolute atomic E-state index is 0.125. The molecule has 148 valence electrons. The lowest BCUT2D eigenvalue weighted by atomic mass is 10.2. The first-order valence-corrected chi connectivity index (χ1v) is 9.71. The molecule has 0 fully saturated rings. The second-order valence-electron chi connectivity index (χ2n) is 6.14. The Kier molecular flexibility index (Phi) is 8.68. The Morgan fingerprint density at radius 3 is 2.32 bits per heavy atom. The number of methoxy groups -OCH3 is 1. The molecule has 2 amide bonds. The molecule has 0 bridgehead atoms. The third-order valence-corrected chi connectivity index (χ3v) is 4.64. The Labute approximate surface area is 173 Å². The van der Waals surface area contributed by atoms with E-state index in [0.29, 0.717) is 12.1 Å². The van der Waals surface area contributed by atoms with Gasteiger partial charge in [-0.25, -0.2) is 0 Å². The summed E-state index contributed by atoms with van der Waals surface area (Å²) in [6.45, 7) is 0.885. The topological polar surface area (TPSA) is 75.7 Å². The monoisotopic (exact) mass is 446 g/mol. The van der Waals surface area contributed by atoms with E-state index in [9.17, 15) is 14.4 Å². The van der Waals surface area contributed by atoms with E-state index in [1.54, 1.807) is 29.2 Å². The van der Waals surface area contributed by atoms with Crippen LogP contribution in [0.1, 0.15) is 28.8 Å². The summed E-state index contributed by atoms with van der Waals surface area (Å²) < 4.78 is 5.55. The zero-order valence-corrected chi connectivity index (χ0v) is 17.3. The maximum Gasteiger partial charge on any atom is 0.307 e. The van der Waals surface area contributed by atoms with Gasteiger partial charge in [0, 0.05) is 36.1 Å². The number of nitrogens with zero attached hydrogens (tertiary/aromatic N) is 1. The lowest BCUT2D eigenvalue weighted by Gasteiger charge is -2.22. The number of nitrogens with one attached hydrogen (secondary N) is 1. The van der Waals surface area contributed by atoms with Crippen molar-refractivity contribution in [3.63, 3.8) is 0 Å². The molecule has 7 heteroatoms. The van der Waals surface area contributed by atoms with Crippen LogP contribution < -0.4 is 5.32 Å². The molecule has 0 unspecified atom stereocenters. The van der Waals surface area contributed by atoms with Crippen molar-refractivity contribution in [2.24, 2.45) is 0 Å². The summed E-state index contributed by atoms with van der Waals surface area (Å²) in [4.78, 5) is 37.8. The number of hydrogen-bond acceptors (Lipinski definition) is 4. The summed E-state index contributed by atoms with van der Waals surface area (Å²) in [5, 5.41) is 2.75. The fourth-order valence-corrected chi connectivity index (χ4v) is 2.83. The average molecular weight is 447 g/mol. The van der Waals surface area contributed by atoms with Crippen LogP contribution >= 0.6 is 15.9 Å². The summed E-state index contributed by atoms with van der Waals surface area (Å²) in [5.74, 6) is -0.734. The molecule has 0 saturated carbocycles. The van der Waals surface area contributed by atoms with Crippen LogP contribution in [0.2, 0.25) is 0 Å². The maximum atomic E-state index is 12.6. The number of halogens is 1. The Hall–Kier alpha value is -2.67. The second-order valence-corrected chi connectivity index (χ2v) is 7.06. The highest BCUT2D eigenvalue weighted by Crippen LogP contribution is 2.11. The van der Waals surface area contributed by atoms with Crippen LogP contribution in [0, 0.1) is 0 Å². The molecule has 0 spiro atoms. The molecule has 2 rings (SSSR count). The normalized spacial score (nSPS) is 10.2. The SMILES string of the molecule is COC(=O)CCN(Cc1ccccc1)C(=O)CCNC(=O)c1ccc(Br)cc1. The predicted molar refractivity (Wildman–Crippen MR) is 110 cm³/mol. The average Bonchev–Trinajstić information content (AvgIpc) is 2.71. The number of hydrogen-bond donors (Lipinski definition) is 1. The minimum atomic E-state index is -0.366. The third kappa shape index (κ3) is 7.15. The van der Waals surface area contributed by atoms with Gasteiger partial charge >= 0.3 is 5.97 Å². The molecule has 0 aromatic heterocycles. The largest absolute Gasteiger partial charge is 0.469 e. The predicted octanol–water partition coefficient (Wildman–Crippen LogP) is 3.16. The van der Waals surface area contributed by atoms with E-state index in [4.69, 9.17) is 0 Å². The molecule has 2 aromatic rings. The summed E-state index contributed by atoms with van der Waals surface area (Å²) in [7, 11) is 1.32. The number of ether oxygens (including phenoxy) is 1. The number of esters is 1. The van der Waals surface area contributed by atoms with Crippen molar-refractivity contribution < 1.29 is 19.1 Å². The maximum absolute atomic E-state index is 12.6. The van der Waals surface area contributed by atoms with E-state index in [2.05, 4.69) is 26.0 Å². The van der Waals surface area contributed by atoms with Gasteiger partial charge in [0.05, 0.1) is 13.5 Å². The molecule has 6 nitrogen and oxygen atoms in total. The summed E-state index contributed by atoms with van der Waals surface area (Å²) in [5.41, 5.74) is 1.50. The van der Waals surface area contributed by atoms with Crippen LogP contribution in [0.4, 0.5) is 0 Å². The fraction of sp³-hybridized carbons (Fsp3) is 0.286. The smallest absolute Gasteiger partial charge is 0.307 e. The van der Waals surface area contributed by atoms with Gasteiger partial charge in [-0.2, -0.15) is 0 Å². The van der Waals surface area contributed by atoms with Gasteiger partial charge in [-0.1, -0.05) is 46.3 Å². The first kappa shape index (κ1) is 21.6. The van der Waals surface area contributed by atoms with Crippen LogP contribution in [0.15, 0.2) is 59.1 Å². The first-order valence-electron chi connectivity index (χ1n) is 8.92. The molecular formula is C21H23BrN2O4. The van der Waals surface area contributed by atoms with Gasteiger partial charge in [-0.15, -0.1) is 0 Å². The van der Waals surface area contributed by atoms with Crippen molar-refractivity contribution in [1.29, 1.82) is 0 Å². The van der Waals surface area contributed by atoms with Gasteiger partial charge in [-0.05, 0) is 29.8 Å². The highest BCUT2D eigenvalue weighted by Gasteiger charge is 2.16. The number of rotatable bonds is 9. The molecule has 0 aliphatic rings. The van der Waals surface area contributed by atoms with Crippen LogP contribution in [0.25, 0.3) is 0 Å². The molecule has 0 heterocycles. The molecule has 0 aliphatic heterocycles. The van der Waals surface area contributed by atoms with E-state index < -0.39 is 0 Å². The molecular weight excluding hydrogens is 424 g/mol. The zero-order valence-electron chi connectivity index (χ0n) is 15.7. The fourth-order valence-electron chi connectivity index (χ4n) is 2.57. The quantitative estimate of drug-likeness (QED) is 0.600. The Balaban J connectivity index is 1.90. The second kappa shape index (κ2) is 11.2. The summed E-state index contributed by atoms with van der Waals surface area (Å²) in [6.07, 6.45) is 0.274. The Morgan fingerprint density at radius 2 is 1.68 bits per heavy atom. The van der Waals surface area contributed by atoms with E-state index in [1.165, 1.54) is 7.11 Å². The van der Waals surface area contributed by atoms with E-state index >= 15 is 0 Å². The van der Waals surface area contributed by atoms with Gasteiger partial charge in [0.1, 0.15) is 0 Å². The molecule has 28 heavy (non-hydrogen) atoms. The van der Waals surface area contributed by atoms with Gasteiger partial charge in [0.15, 0.2) is 0 Å².